The summed E-state index contributed by atoms with van der Waals surface area (Å²) in [6, 6.07) is 5.00. The molecule has 0 amide bonds. The lowest BCUT2D eigenvalue weighted by Crippen LogP contribution is -2.23. The number of halogens is 2. The van der Waals surface area contributed by atoms with Crippen LogP contribution in [0.25, 0.3) is 0 Å². The smallest absolute Gasteiger partial charge is 0.141 e. The van der Waals surface area contributed by atoms with E-state index in [9.17, 15) is 4.39 Å². The van der Waals surface area contributed by atoms with E-state index in [-0.39, 0.29) is 16.9 Å². The highest BCUT2D eigenvalue weighted by molar-refractivity contribution is 7.05. The van der Waals surface area contributed by atoms with Gasteiger partial charge < -0.3 is 5.32 Å². The van der Waals surface area contributed by atoms with Crippen LogP contribution in [-0.4, -0.2) is 16.1 Å². The van der Waals surface area contributed by atoms with E-state index in [1.54, 1.807) is 12.1 Å². The van der Waals surface area contributed by atoms with Crippen LogP contribution in [0.4, 0.5) is 4.39 Å². The molecule has 1 unspecified atom stereocenters. The van der Waals surface area contributed by atoms with Gasteiger partial charge in [-0.25, -0.2) is 4.39 Å². The summed E-state index contributed by atoms with van der Waals surface area (Å²) in [5.74, 6) is -0.385. The van der Waals surface area contributed by atoms with Gasteiger partial charge in [0.05, 0.1) is 15.6 Å². The molecule has 2 rings (SSSR count). The summed E-state index contributed by atoms with van der Waals surface area (Å²) in [6.07, 6.45) is 1.60. The fourth-order valence-corrected chi connectivity index (χ4v) is 3.15. The Morgan fingerprint density at radius 1 is 1.40 bits per heavy atom. The number of hydrogen-bond acceptors (Lipinski definition) is 4. The SMILES string of the molecule is CCNC(Cc1ccc(F)c(Cl)c1)c1snnc1CC. The van der Waals surface area contributed by atoms with Gasteiger partial charge in [0.2, 0.25) is 0 Å². The van der Waals surface area contributed by atoms with Crippen molar-refractivity contribution in [2.75, 3.05) is 6.54 Å². The van der Waals surface area contributed by atoms with Crippen molar-refractivity contribution in [3.63, 3.8) is 0 Å². The van der Waals surface area contributed by atoms with Crippen molar-refractivity contribution in [3.05, 3.63) is 45.2 Å². The van der Waals surface area contributed by atoms with E-state index in [0.717, 1.165) is 35.5 Å². The third-order valence-corrected chi connectivity index (χ3v) is 4.28. The first-order valence-electron chi connectivity index (χ1n) is 6.64. The van der Waals surface area contributed by atoms with Crippen molar-refractivity contribution < 1.29 is 4.39 Å². The molecule has 0 aliphatic rings. The van der Waals surface area contributed by atoms with Crippen molar-refractivity contribution in [3.8, 4) is 0 Å². The predicted molar refractivity (Wildman–Crippen MR) is 80.8 cm³/mol. The molecule has 1 N–H and O–H groups in total. The Balaban J connectivity index is 2.23. The fourth-order valence-electron chi connectivity index (χ4n) is 2.13. The minimum atomic E-state index is -0.385. The first-order valence-corrected chi connectivity index (χ1v) is 7.79. The van der Waals surface area contributed by atoms with Gasteiger partial charge in [-0.1, -0.05) is 36.0 Å². The third-order valence-electron chi connectivity index (χ3n) is 3.11. The highest BCUT2D eigenvalue weighted by atomic mass is 35.5. The maximum atomic E-state index is 13.2. The number of aromatic nitrogens is 2. The molecule has 2 aromatic rings. The summed E-state index contributed by atoms with van der Waals surface area (Å²) < 4.78 is 17.2. The fraction of sp³-hybridized carbons (Fsp3) is 0.429. The zero-order chi connectivity index (χ0) is 14.5. The molecule has 0 aliphatic heterocycles. The van der Waals surface area contributed by atoms with Gasteiger partial charge in [-0.15, -0.1) is 5.10 Å². The van der Waals surface area contributed by atoms with Crippen LogP contribution >= 0.6 is 23.1 Å². The lowest BCUT2D eigenvalue weighted by Gasteiger charge is -2.17. The summed E-state index contributed by atoms with van der Waals surface area (Å²) >= 11 is 7.26. The second-order valence-electron chi connectivity index (χ2n) is 4.50. The standard InChI is InChI=1S/C14H17ClFN3S/c1-3-12-14(20-19-18-12)13(17-4-2)8-9-5-6-11(16)10(15)7-9/h5-7,13,17H,3-4,8H2,1-2H3. The minimum Gasteiger partial charge on any atom is -0.309 e. The molecular weight excluding hydrogens is 297 g/mol. The van der Waals surface area contributed by atoms with Gasteiger partial charge in [0, 0.05) is 6.04 Å². The summed E-state index contributed by atoms with van der Waals surface area (Å²) in [4.78, 5) is 1.15. The van der Waals surface area contributed by atoms with Gasteiger partial charge in [-0.05, 0) is 48.6 Å². The normalized spacial score (nSPS) is 12.6. The second-order valence-corrected chi connectivity index (χ2v) is 5.69. The van der Waals surface area contributed by atoms with Crippen LogP contribution in [0.2, 0.25) is 5.02 Å². The van der Waals surface area contributed by atoms with Crippen LogP contribution in [0.15, 0.2) is 18.2 Å². The second kappa shape index (κ2) is 7.11. The molecule has 0 saturated heterocycles. The summed E-state index contributed by atoms with van der Waals surface area (Å²) in [5, 5.41) is 7.75. The van der Waals surface area contributed by atoms with E-state index < -0.39 is 0 Å². The summed E-state index contributed by atoms with van der Waals surface area (Å²) in [6.45, 7) is 4.98. The molecule has 1 atom stereocenters. The minimum absolute atomic E-state index is 0.136. The number of likely N-dealkylation sites (N-methyl/N-ethyl adjacent to an activating group) is 1. The van der Waals surface area contributed by atoms with Gasteiger partial charge in [-0.3, -0.25) is 0 Å². The Labute approximate surface area is 127 Å². The molecule has 0 fully saturated rings. The molecule has 1 heterocycles. The van der Waals surface area contributed by atoms with Crippen LogP contribution in [0.3, 0.4) is 0 Å². The first-order chi connectivity index (χ1) is 9.65. The average Bonchev–Trinajstić information content (AvgIpc) is 2.90. The molecule has 20 heavy (non-hydrogen) atoms. The third kappa shape index (κ3) is 3.53. The quantitative estimate of drug-likeness (QED) is 0.881. The number of hydrogen-bond donors (Lipinski definition) is 1. The van der Waals surface area contributed by atoms with Gasteiger partial charge in [0.1, 0.15) is 5.82 Å². The van der Waals surface area contributed by atoms with Crippen molar-refractivity contribution in [1.82, 2.24) is 14.9 Å². The zero-order valence-electron chi connectivity index (χ0n) is 11.5. The van der Waals surface area contributed by atoms with Crippen LogP contribution < -0.4 is 5.32 Å². The van der Waals surface area contributed by atoms with E-state index >= 15 is 0 Å². The van der Waals surface area contributed by atoms with Crippen LogP contribution in [-0.2, 0) is 12.8 Å². The molecule has 0 saturated carbocycles. The molecular formula is C14H17ClFN3S. The van der Waals surface area contributed by atoms with Gasteiger partial charge in [0.15, 0.2) is 0 Å². The molecule has 108 valence electrons. The maximum absolute atomic E-state index is 13.2. The Hall–Kier alpha value is -1.04. The largest absolute Gasteiger partial charge is 0.309 e. The molecule has 0 radical (unpaired) electrons. The lowest BCUT2D eigenvalue weighted by atomic mass is 10.0. The molecule has 0 bridgehead atoms. The Morgan fingerprint density at radius 3 is 2.85 bits per heavy atom. The zero-order valence-corrected chi connectivity index (χ0v) is 13.1. The number of nitrogens with zero attached hydrogens (tertiary/aromatic N) is 2. The van der Waals surface area contributed by atoms with E-state index in [1.807, 2.05) is 0 Å². The maximum Gasteiger partial charge on any atom is 0.141 e. The first kappa shape index (κ1) is 15.4. The van der Waals surface area contributed by atoms with Crippen molar-refractivity contribution in [1.29, 1.82) is 0 Å². The molecule has 0 aliphatic carbocycles. The summed E-state index contributed by atoms with van der Waals surface area (Å²) in [5.41, 5.74) is 2.02. The van der Waals surface area contributed by atoms with Crippen LogP contribution in [0.5, 0.6) is 0 Å². The molecule has 0 spiro atoms. The monoisotopic (exact) mass is 313 g/mol. The number of rotatable bonds is 6. The predicted octanol–water partition coefficient (Wildman–Crippen LogP) is 3.79. The van der Waals surface area contributed by atoms with Crippen molar-refractivity contribution >= 4 is 23.1 Å². The van der Waals surface area contributed by atoms with E-state index in [0.29, 0.717) is 0 Å². The lowest BCUT2D eigenvalue weighted by molar-refractivity contribution is 0.552. The molecule has 3 nitrogen and oxygen atoms in total. The molecule has 6 heteroatoms. The van der Waals surface area contributed by atoms with E-state index in [4.69, 9.17) is 11.6 Å². The summed E-state index contributed by atoms with van der Waals surface area (Å²) in [7, 11) is 0. The molecule has 1 aromatic heterocycles. The Kier molecular flexibility index (Phi) is 5.46. The van der Waals surface area contributed by atoms with Crippen molar-refractivity contribution in [2.24, 2.45) is 0 Å². The highest BCUT2D eigenvalue weighted by Gasteiger charge is 2.18. The Bertz CT molecular complexity index is 573. The van der Waals surface area contributed by atoms with Gasteiger partial charge >= 0.3 is 0 Å². The number of aryl methyl sites for hydroxylation is 1. The van der Waals surface area contributed by atoms with Crippen molar-refractivity contribution in [2.45, 2.75) is 32.7 Å². The van der Waals surface area contributed by atoms with E-state index in [2.05, 4.69) is 28.8 Å². The topological polar surface area (TPSA) is 37.8 Å². The highest BCUT2D eigenvalue weighted by Crippen LogP contribution is 2.26. The Morgan fingerprint density at radius 2 is 2.20 bits per heavy atom. The van der Waals surface area contributed by atoms with E-state index in [1.165, 1.54) is 17.6 Å². The van der Waals surface area contributed by atoms with Crippen LogP contribution in [0.1, 0.15) is 36.0 Å². The van der Waals surface area contributed by atoms with Gasteiger partial charge in [-0.2, -0.15) is 0 Å². The molecule has 1 aromatic carbocycles. The number of benzene rings is 1. The van der Waals surface area contributed by atoms with Gasteiger partial charge in [0.25, 0.3) is 0 Å². The van der Waals surface area contributed by atoms with Crippen LogP contribution in [0, 0.1) is 5.82 Å². The number of nitrogens with one attached hydrogen (secondary N) is 1. The average molecular weight is 314 g/mol.